The van der Waals surface area contributed by atoms with E-state index in [1.165, 1.54) is 25.5 Å². The molecule has 2 atom stereocenters. The summed E-state index contributed by atoms with van der Waals surface area (Å²) in [4.78, 5) is 2.58. The highest BCUT2D eigenvalue weighted by molar-refractivity contribution is 7.88. The van der Waals surface area contributed by atoms with Gasteiger partial charge in [-0.1, -0.05) is 0 Å². The lowest BCUT2D eigenvalue weighted by atomic mass is 10.2. The summed E-state index contributed by atoms with van der Waals surface area (Å²) < 4.78 is 24.3. The average Bonchev–Trinajstić information content (AvgIpc) is 2.97. The summed E-state index contributed by atoms with van der Waals surface area (Å²) in [6.07, 6.45) is 5.08. The average molecular weight is 261 g/mol. The summed E-state index contributed by atoms with van der Waals surface area (Å²) in [6, 6.07) is 2.01. The normalized spacial score (nSPS) is 30.9. The molecule has 2 unspecified atom stereocenters. The van der Waals surface area contributed by atoms with E-state index in [2.05, 4.69) is 21.9 Å². The lowest BCUT2D eigenvalue weighted by Crippen LogP contribution is -2.38. The van der Waals surface area contributed by atoms with Crippen LogP contribution in [0.25, 0.3) is 0 Å². The van der Waals surface area contributed by atoms with E-state index in [9.17, 15) is 8.42 Å². The van der Waals surface area contributed by atoms with Crippen LogP contribution in [0.4, 0.5) is 0 Å². The Bertz CT molecular complexity index is 354. The Kier molecular flexibility index (Phi) is 4.07. The van der Waals surface area contributed by atoms with E-state index in [0.29, 0.717) is 25.2 Å². The Morgan fingerprint density at radius 3 is 2.59 bits per heavy atom. The third-order valence-electron chi connectivity index (χ3n) is 3.56. The summed E-state index contributed by atoms with van der Waals surface area (Å²) in [6.45, 7) is 4.59. The summed E-state index contributed by atoms with van der Waals surface area (Å²) in [5.74, 6) is 0. The molecule has 100 valence electrons. The van der Waals surface area contributed by atoms with Gasteiger partial charge in [-0.05, 0) is 26.2 Å². The first-order chi connectivity index (χ1) is 7.96. The predicted molar refractivity (Wildman–Crippen MR) is 68.4 cm³/mol. The summed E-state index contributed by atoms with van der Waals surface area (Å²) in [5, 5.41) is 3.43. The van der Waals surface area contributed by atoms with Crippen LogP contribution < -0.4 is 10.0 Å². The molecule has 2 rings (SSSR count). The van der Waals surface area contributed by atoms with Gasteiger partial charge >= 0.3 is 0 Å². The molecule has 0 aromatic rings. The van der Waals surface area contributed by atoms with Crippen LogP contribution in [0.3, 0.4) is 0 Å². The molecular weight excluding hydrogens is 238 g/mol. The van der Waals surface area contributed by atoms with Gasteiger partial charge in [0.25, 0.3) is 0 Å². The van der Waals surface area contributed by atoms with E-state index in [4.69, 9.17) is 0 Å². The molecule has 1 saturated heterocycles. The molecule has 1 heterocycles. The van der Waals surface area contributed by atoms with Crippen LogP contribution in [-0.2, 0) is 10.0 Å². The van der Waals surface area contributed by atoms with Gasteiger partial charge in [0, 0.05) is 37.8 Å². The molecule has 0 bridgehead atoms. The second-order valence-electron chi connectivity index (χ2n) is 5.33. The summed E-state index contributed by atoms with van der Waals surface area (Å²) in [7, 11) is -3.05. The summed E-state index contributed by atoms with van der Waals surface area (Å²) >= 11 is 0. The van der Waals surface area contributed by atoms with Crippen molar-refractivity contribution >= 4 is 10.0 Å². The second-order valence-corrected chi connectivity index (χ2v) is 7.16. The van der Waals surface area contributed by atoms with Crippen LogP contribution in [0.5, 0.6) is 0 Å². The fourth-order valence-electron chi connectivity index (χ4n) is 2.63. The number of nitrogens with zero attached hydrogens (tertiary/aromatic N) is 1. The highest BCUT2D eigenvalue weighted by atomic mass is 32.2. The van der Waals surface area contributed by atoms with Gasteiger partial charge in [-0.2, -0.15) is 0 Å². The quantitative estimate of drug-likeness (QED) is 0.647. The van der Waals surface area contributed by atoms with Gasteiger partial charge in [-0.15, -0.1) is 0 Å². The SMILES string of the molecule is CC1CC(NCCNS(C)(=O)=O)CN1C1CC1. The molecule has 1 saturated carbocycles. The molecule has 17 heavy (non-hydrogen) atoms. The zero-order chi connectivity index (χ0) is 12.5. The van der Waals surface area contributed by atoms with Crippen molar-refractivity contribution in [1.82, 2.24) is 14.9 Å². The Morgan fingerprint density at radius 2 is 2.00 bits per heavy atom. The fourth-order valence-corrected chi connectivity index (χ4v) is 3.10. The predicted octanol–water partition coefficient (Wildman–Crippen LogP) is -0.250. The van der Waals surface area contributed by atoms with Crippen molar-refractivity contribution in [1.29, 1.82) is 0 Å². The monoisotopic (exact) mass is 261 g/mol. The third-order valence-corrected chi connectivity index (χ3v) is 4.29. The summed E-state index contributed by atoms with van der Waals surface area (Å²) in [5.41, 5.74) is 0. The first-order valence-corrected chi connectivity index (χ1v) is 8.28. The van der Waals surface area contributed by atoms with Gasteiger partial charge in [0.05, 0.1) is 6.26 Å². The lowest BCUT2D eigenvalue weighted by molar-refractivity contribution is 0.255. The molecule has 1 aliphatic heterocycles. The molecule has 0 radical (unpaired) electrons. The number of sulfonamides is 1. The molecule has 0 aromatic carbocycles. The largest absolute Gasteiger partial charge is 0.311 e. The van der Waals surface area contributed by atoms with Gasteiger partial charge in [0.1, 0.15) is 0 Å². The van der Waals surface area contributed by atoms with Crippen molar-refractivity contribution in [2.24, 2.45) is 0 Å². The topological polar surface area (TPSA) is 61.4 Å². The van der Waals surface area contributed by atoms with Crippen molar-refractivity contribution < 1.29 is 8.42 Å². The smallest absolute Gasteiger partial charge is 0.208 e. The first kappa shape index (κ1) is 13.3. The van der Waals surface area contributed by atoms with E-state index in [1.54, 1.807) is 0 Å². The molecular formula is C11H23N3O2S. The molecule has 6 heteroatoms. The number of rotatable bonds is 6. The van der Waals surface area contributed by atoms with Crippen molar-refractivity contribution in [3.8, 4) is 0 Å². The van der Waals surface area contributed by atoms with Gasteiger partial charge in [0.15, 0.2) is 0 Å². The van der Waals surface area contributed by atoms with E-state index in [-0.39, 0.29) is 0 Å². The number of hydrogen-bond acceptors (Lipinski definition) is 4. The van der Waals surface area contributed by atoms with Crippen LogP contribution in [0.15, 0.2) is 0 Å². The fraction of sp³-hybridized carbons (Fsp3) is 1.00. The maximum atomic E-state index is 10.9. The minimum absolute atomic E-state index is 0.479. The van der Waals surface area contributed by atoms with Gasteiger partial charge < -0.3 is 5.32 Å². The number of hydrogen-bond donors (Lipinski definition) is 2. The van der Waals surface area contributed by atoms with Crippen LogP contribution in [0.1, 0.15) is 26.2 Å². The minimum atomic E-state index is -3.05. The molecule has 0 spiro atoms. The van der Waals surface area contributed by atoms with E-state index in [0.717, 1.165) is 12.6 Å². The van der Waals surface area contributed by atoms with Crippen LogP contribution in [0, 0.1) is 0 Å². The van der Waals surface area contributed by atoms with Crippen LogP contribution in [-0.4, -0.2) is 57.3 Å². The van der Waals surface area contributed by atoms with Crippen molar-refractivity contribution in [3.05, 3.63) is 0 Å². The van der Waals surface area contributed by atoms with E-state index >= 15 is 0 Å². The molecule has 1 aliphatic carbocycles. The maximum Gasteiger partial charge on any atom is 0.208 e. The maximum absolute atomic E-state index is 10.9. The Hall–Kier alpha value is -0.170. The van der Waals surface area contributed by atoms with E-state index < -0.39 is 10.0 Å². The van der Waals surface area contributed by atoms with Crippen molar-refractivity contribution in [3.63, 3.8) is 0 Å². The third kappa shape index (κ3) is 4.21. The number of nitrogens with one attached hydrogen (secondary N) is 2. The highest BCUT2D eigenvalue weighted by Crippen LogP contribution is 2.33. The molecule has 0 aromatic heterocycles. The zero-order valence-electron chi connectivity index (χ0n) is 10.6. The van der Waals surface area contributed by atoms with Crippen molar-refractivity contribution in [2.45, 2.75) is 44.3 Å². The highest BCUT2D eigenvalue weighted by Gasteiger charge is 2.38. The van der Waals surface area contributed by atoms with Crippen molar-refractivity contribution in [2.75, 3.05) is 25.9 Å². The molecule has 2 N–H and O–H groups in total. The molecule has 0 amide bonds. The first-order valence-electron chi connectivity index (χ1n) is 6.39. The Labute approximate surface area is 104 Å². The Balaban J connectivity index is 1.64. The van der Waals surface area contributed by atoms with Crippen LogP contribution >= 0.6 is 0 Å². The second kappa shape index (κ2) is 5.22. The van der Waals surface area contributed by atoms with Crippen LogP contribution in [0.2, 0.25) is 0 Å². The standard InChI is InChI=1S/C11H23N3O2S/c1-9-7-10(8-14(9)11-3-4-11)12-5-6-13-17(2,15)16/h9-13H,3-8H2,1-2H3. The van der Waals surface area contributed by atoms with Gasteiger partial charge in [-0.25, -0.2) is 13.1 Å². The molecule has 5 nitrogen and oxygen atoms in total. The number of likely N-dealkylation sites (tertiary alicyclic amines) is 1. The van der Waals surface area contributed by atoms with Gasteiger partial charge in [-0.3, -0.25) is 4.90 Å². The molecule has 2 fully saturated rings. The lowest BCUT2D eigenvalue weighted by Gasteiger charge is -2.19. The zero-order valence-corrected chi connectivity index (χ0v) is 11.5. The molecule has 2 aliphatic rings. The van der Waals surface area contributed by atoms with E-state index in [1.807, 2.05) is 0 Å². The Morgan fingerprint density at radius 1 is 1.29 bits per heavy atom. The van der Waals surface area contributed by atoms with Gasteiger partial charge in [0.2, 0.25) is 10.0 Å². The minimum Gasteiger partial charge on any atom is -0.311 e.